The molecular formula is C48H40NO2Si. The van der Waals surface area contributed by atoms with Crippen molar-refractivity contribution in [3.05, 3.63) is 178 Å². The van der Waals surface area contributed by atoms with E-state index in [4.69, 9.17) is 9.15 Å². The molecule has 3 aliphatic carbocycles. The minimum Gasteiger partial charge on any atom is -0.460 e. The SMILES string of the molecule is C[Si](C)C1=CCC2C(=C1C1=CCC(N(c3cccc(-c4ccc5c(c4)CCC=C5)c3)c3cccc4c3oc3ccccc34)C=C1)Oc1ccccc12. The van der Waals surface area contributed by atoms with Crippen molar-refractivity contribution < 1.29 is 9.15 Å². The molecule has 1 aliphatic heterocycles. The number of hydrogen-bond donors (Lipinski definition) is 0. The molecule has 2 heterocycles. The maximum atomic E-state index is 6.69. The molecule has 0 saturated carbocycles. The van der Waals surface area contributed by atoms with Crippen LogP contribution in [0.15, 0.2) is 166 Å². The average Bonchev–Trinajstić information content (AvgIpc) is 3.77. The van der Waals surface area contributed by atoms with E-state index in [9.17, 15) is 0 Å². The molecule has 0 spiro atoms. The quantitative estimate of drug-likeness (QED) is 0.163. The highest BCUT2D eigenvalue weighted by Crippen LogP contribution is 2.50. The standard InChI is InChI=1S/C48H40NO2Si/c1-52(2)45-28-27-41-39-16-6-8-20-44(39)51-48(41)46(45)32-23-25-36(26-24-32)49(42-18-10-17-40-38-15-5-7-19-43(38)50-47(40)42)37-14-9-13-34(30-37)35-22-21-31-11-3-4-12-33(31)29-35/h3,5-11,13-25,28-30,36,41H,4,12,26-27H2,1-2H3. The monoisotopic (exact) mass is 690 g/mol. The summed E-state index contributed by atoms with van der Waals surface area (Å²) in [7, 11) is -0.722. The number of para-hydroxylation sites is 3. The van der Waals surface area contributed by atoms with Crippen LogP contribution in [0.5, 0.6) is 5.75 Å². The number of nitrogens with zero attached hydrogens (tertiary/aromatic N) is 1. The number of anilines is 2. The summed E-state index contributed by atoms with van der Waals surface area (Å²) in [5.41, 5.74) is 13.2. The van der Waals surface area contributed by atoms with E-state index >= 15 is 0 Å². The minimum atomic E-state index is -0.722. The van der Waals surface area contributed by atoms with Gasteiger partial charge in [-0.25, -0.2) is 0 Å². The molecule has 5 aromatic carbocycles. The van der Waals surface area contributed by atoms with Crippen molar-refractivity contribution in [3.8, 4) is 16.9 Å². The lowest BCUT2D eigenvalue weighted by atomic mass is 9.85. The highest BCUT2D eigenvalue weighted by atomic mass is 28.3. The van der Waals surface area contributed by atoms with Gasteiger partial charge in [0.05, 0.1) is 20.5 Å². The van der Waals surface area contributed by atoms with E-state index in [1.165, 1.54) is 44.2 Å². The third-order valence-corrected chi connectivity index (χ3v) is 12.8. The fourth-order valence-corrected chi connectivity index (χ4v) is 10.0. The summed E-state index contributed by atoms with van der Waals surface area (Å²) in [6.07, 6.45) is 18.3. The molecule has 52 heavy (non-hydrogen) atoms. The smallest absolute Gasteiger partial charge is 0.159 e. The largest absolute Gasteiger partial charge is 0.460 e. The Labute approximate surface area is 307 Å². The predicted molar refractivity (Wildman–Crippen MR) is 218 cm³/mol. The molecule has 0 bridgehead atoms. The normalized spacial score (nSPS) is 19.0. The molecule has 0 N–H and O–H groups in total. The Morgan fingerprint density at radius 1 is 0.750 bits per heavy atom. The third-order valence-electron chi connectivity index (χ3n) is 11.3. The summed E-state index contributed by atoms with van der Waals surface area (Å²) < 4.78 is 13.4. The van der Waals surface area contributed by atoms with E-state index in [0.717, 1.165) is 70.5 Å². The van der Waals surface area contributed by atoms with Gasteiger partial charge in [0, 0.05) is 33.5 Å². The van der Waals surface area contributed by atoms with Gasteiger partial charge in [0.1, 0.15) is 17.1 Å². The highest BCUT2D eigenvalue weighted by molar-refractivity contribution is 6.65. The van der Waals surface area contributed by atoms with E-state index in [0.29, 0.717) is 0 Å². The molecule has 10 rings (SSSR count). The number of fused-ring (bicyclic) bond motifs is 7. The fourth-order valence-electron chi connectivity index (χ4n) is 8.74. The fraction of sp³-hybridized carbons (Fsp3) is 0.167. The Balaban J connectivity index is 1.08. The molecule has 6 aromatic rings. The van der Waals surface area contributed by atoms with Crippen molar-refractivity contribution in [2.75, 3.05) is 4.90 Å². The maximum Gasteiger partial charge on any atom is 0.159 e. The van der Waals surface area contributed by atoms with Crippen LogP contribution in [0, 0.1) is 0 Å². The lowest BCUT2D eigenvalue weighted by Crippen LogP contribution is -2.30. The summed E-state index contributed by atoms with van der Waals surface area (Å²) in [5.74, 6) is 2.43. The lowest BCUT2D eigenvalue weighted by molar-refractivity contribution is 0.420. The number of rotatable bonds is 6. The molecule has 1 aromatic heterocycles. The zero-order valence-corrected chi connectivity index (χ0v) is 30.6. The number of furan rings is 1. The van der Waals surface area contributed by atoms with Crippen LogP contribution in [0.1, 0.15) is 41.9 Å². The van der Waals surface area contributed by atoms with Gasteiger partial charge in [0.2, 0.25) is 0 Å². The summed E-state index contributed by atoms with van der Waals surface area (Å²) in [6, 6.07) is 39.6. The highest BCUT2D eigenvalue weighted by Gasteiger charge is 2.37. The van der Waals surface area contributed by atoms with Crippen LogP contribution in [0.4, 0.5) is 11.4 Å². The molecule has 1 radical (unpaired) electrons. The molecule has 2 atom stereocenters. The van der Waals surface area contributed by atoms with Crippen LogP contribution in [0.2, 0.25) is 13.1 Å². The van der Waals surface area contributed by atoms with Crippen LogP contribution in [0.25, 0.3) is 39.1 Å². The molecule has 2 unspecified atom stereocenters. The molecule has 253 valence electrons. The van der Waals surface area contributed by atoms with Crippen molar-refractivity contribution in [1.29, 1.82) is 0 Å². The van der Waals surface area contributed by atoms with Gasteiger partial charge >= 0.3 is 0 Å². The van der Waals surface area contributed by atoms with Gasteiger partial charge < -0.3 is 14.1 Å². The number of benzene rings is 5. The first-order chi connectivity index (χ1) is 25.6. The Morgan fingerprint density at radius 2 is 1.60 bits per heavy atom. The Morgan fingerprint density at radius 3 is 2.50 bits per heavy atom. The second-order valence-corrected chi connectivity index (χ2v) is 17.2. The molecule has 0 saturated heterocycles. The summed E-state index contributed by atoms with van der Waals surface area (Å²) >= 11 is 0. The van der Waals surface area contributed by atoms with Gasteiger partial charge in [-0.3, -0.25) is 0 Å². The minimum absolute atomic E-state index is 0.0821. The molecule has 4 aliphatic rings. The Bertz CT molecular complexity index is 2560. The van der Waals surface area contributed by atoms with E-state index < -0.39 is 8.80 Å². The Kier molecular flexibility index (Phi) is 7.54. The second-order valence-electron chi connectivity index (χ2n) is 14.6. The maximum absolute atomic E-state index is 6.69. The zero-order chi connectivity index (χ0) is 34.8. The van der Waals surface area contributed by atoms with Crippen LogP contribution in [-0.2, 0) is 6.42 Å². The van der Waals surface area contributed by atoms with E-state index in [2.05, 4.69) is 164 Å². The first-order valence-corrected chi connectivity index (χ1v) is 21.1. The van der Waals surface area contributed by atoms with Crippen LogP contribution in [0.3, 0.4) is 0 Å². The molecule has 0 amide bonds. The molecule has 0 fully saturated rings. The van der Waals surface area contributed by atoms with Gasteiger partial charge in [-0.15, -0.1) is 0 Å². The van der Waals surface area contributed by atoms with Crippen molar-refractivity contribution >= 4 is 48.2 Å². The predicted octanol–water partition coefficient (Wildman–Crippen LogP) is 12.7. The lowest BCUT2D eigenvalue weighted by Gasteiger charge is -2.34. The first kappa shape index (κ1) is 31.2. The third kappa shape index (κ3) is 5.16. The van der Waals surface area contributed by atoms with Gasteiger partial charge in [-0.05, 0) is 83.8 Å². The number of allylic oxidation sites excluding steroid dienone is 7. The van der Waals surface area contributed by atoms with E-state index in [1.807, 2.05) is 0 Å². The summed E-state index contributed by atoms with van der Waals surface area (Å²) in [6.45, 7) is 4.80. The van der Waals surface area contributed by atoms with Crippen molar-refractivity contribution in [1.82, 2.24) is 0 Å². The number of ether oxygens (including phenoxy) is 1. The molecule has 3 nitrogen and oxygen atoms in total. The van der Waals surface area contributed by atoms with Crippen molar-refractivity contribution in [2.24, 2.45) is 0 Å². The van der Waals surface area contributed by atoms with Gasteiger partial charge in [-0.1, -0.05) is 134 Å². The number of aryl methyl sites for hydroxylation is 1. The Hall–Kier alpha value is -5.58. The van der Waals surface area contributed by atoms with E-state index in [1.54, 1.807) is 0 Å². The second kappa shape index (κ2) is 12.6. The van der Waals surface area contributed by atoms with Gasteiger partial charge in [0.25, 0.3) is 0 Å². The van der Waals surface area contributed by atoms with Crippen molar-refractivity contribution in [3.63, 3.8) is 0 Å². The van der Waals surface area contributed by atoms with Gasteiger partial charge in [-0.2, -0.15) is 0 Å². The summed E-state index contributed by atoms with van der Waals surface area (Å²) in [4.78, 5) is 2.49. The first-order valence-electron chi connectivity index (χ1n) is 18.6. The topological polar surface area (TPSA) is 25.6 Å². The van der Waals surface area contributed by atoms with Crippen LogP contribution < -0.4 is 9.64 Å². The van der Waals surface area contributed by atoms with Crippen LogP contribution >= 0.6 is 0 Å². The zero-order valence-electron chi connectivity index (χ0n) is 29.6. The van der Waals surface area contributed by atoms with Crippen LogP contribution in [-0.4, -0.2) is 14.8 Å². The molecular weight excluding hydrogens is 651 g/mol. The number of hydrogen-bond acceptors (Lipinski definition) is 3. The van der Waals surface area contributed by atoms with Gasteiger partial charge in [0.15, 0.2) is 5.58 Å². The average molecular weight is 691 g/mol. The van der Waals surface area contributed by atoms with E-state index in [-0.39, 0.29) is 12.0 Å². The summed E-state index contributed by atoms with van der Waals surface area (Å²) in [5, 5.41) is 3.77. The molecule has 4 heteroatoms. The van der Waals surface area contributed by atoms with Crippen molar-refractivity contribution in [2.45, 2.75) is 50.7 Å².